The number of fused-ring (bicyclic) bond motifs is 1. The molecule has 0 unspecified atom stereocenters. The summed E-state index contributed by atoms with van der Waals surface area (Å²) in [4.78, 5) is 28.1. The van der Waals surface area contributed by atoms with Crippen molar-refractivity contribution < 1.29 is 28.2 Å². The Morgan fingerprint density at radius 3 is 2.43 bits per heavy atom. The topological polar surface area (TPSA) is 78.2 Å². The molecular formula is C29H34ClNO6. The summed E-state index contributed by atoms with van der Waals surface area (Å²) >= 11 is 0. The van der Waals surface area contributed by atoms with E-state index >= 15 is 0 Å². The Morgan fingerprint density at radius 2 is 1.76 bits per heavy atom. The fourth-order valence-electron chi connectivity index (χ4n) is 4.53. The smallest absolute Gasteiger partial charge is 0.374 e. The molecule has 0 bridgehead atoms. The summed E-state index contributed by atoms with van der Waals surface area (Å²) < 4.78 is 22.1. The minimum Gasteiger partial charge on any atom is -0.497 e. The van der Waals surface area contributed by atoms with Crippen molar-refractivity contribution in [2.75, 3.05) is 40.5 Å². The standard InChI is InChI=1S/C29H33NO6.ClH/c1-20-23-13-15-25(35-19-7-18-30-16-5-4-6-17-30)26(28(23)36-27(20)29(32)34-3)24(31)14-10-21-8-11-22(33-2)12-9-21;/h8-15H,4-7,16-19H2,1-3H3;1H/b14-10+;. The Morgan fingerprint density at radius 1 is 1.03 bits per heavy atom. The fraction of sp³-hybridized carbons (Fsp3) is 0.379. The number of likely N-dealkylation sites (tertiary alicyclic amines) is 1. The molecular weight excluding hydrogens is 494 g/mol. The maximum absolute atomic E-state index is 13.4. The van der Waals surface area contributed by atoms with E-state index in [-0.39, 0.29) is 24.0 Å². The van der Waals surface area contributed by atoms with Gasteiger partial charge in [0.15, 0.2) is 5.78 Å². The maximum Gasteiger partial charge on any atom is 0.374 e. The molecule has 3 aromatic rings. The number of benzene rings is 2. The zero-order chi connectivity index (χ0) is 25.5. The molecule has 198 valence electrons. The van der Waals surface area contributed by atoms with Crippen molar-refractivity contribution in [2.24, 2.45) is 0 Å². The van der Waals surface area contributed by atoms with Gasteiger partial charge in [-0.15, -0.1) is 12.4 Å². The number of halogens is 1. The molecule has 0 aliphatic carbocycles. The molecule has 0 radical (unpaired) electrons. The third-order valence-corrected chi connectivity index (χ3v) is 6.55. The van der Waals surface area contributed by atoms with Gasteiger partial charge in [0.2, 0.25) is 5.76 Å². The molecule has 0 amide bonds. The number of allylic oxidation sites excluding steroid dienone is 1. The van der Waals surface area contributed by atoms with E-state index in [1.54, 1.807) is 26.2 Å². The van der Waals surface area contributed by atoms with Crippen LogP contribution in [0.4, 0.5) is 0 Å². The van der Waals surface area contributed by atoms with E-state index in [9.17, 15) is 9.59 Å². The van der Waals surface area contributed by atoms with E-state index in [0.717, 1.165) is 37.4 Å². The molecule has 1 saturated heterocycles. The number of rotatable bonds is 10. The number of furan rings is 1. The summed E-state index contributed by atoms with van der Waals surface area (Å²) in [6, 6.07) is 11.0. The highest BCUT2D eigenvalue weighted by Crippen LogP contribution is 2.35. The van der Waals surface area contributed by atoms with Gasteiger partial charge in [-0.2, -0.15) is 0 Å². The van der Waals surface area contributed by atoms with Crippen LogP contribution in [-0.4, -0.2) is 57.1 Å². The van der Waals surface area contributed by atoms with Crippen LogP contribution in [0.3, 0.4) is 0 Å². The van der Waals surface area contributed by atoms with Crippen LogP contribution in [0.15, 0.2) is 46.9 Å². The Hall–Kier alpha value is -3.29. The van der Waals surface area contributed by atoms with E-state index < -0.39 is 5.97 Å². The Kier molecular flexibility index (Phi) is 10.2. The van der Waals surface area contributed by atoms with Crippen LogP contribution in [0.1, 0.15) is 57.7 Å². The van der Waals surface area contributed by atoms with Crippen molar-refractivity contribution >= 4 is 41.2 Å². The largest absolute Gasteiger partial charge is 0.497 e. The Balaban J connectivity index is 0.00000380. The van der Waals surface area contributed by atoms with E-state index in [4.69, 9.17) is 18.6 Å². The van der Waals surface area contributed by atoms with Crippen LogP contribution in [0.5, 0.6) is 11.5 Å². The van der Waals surface area contributed by atoms with E-state index in [1.807, 2.05) is 30.3 Å². The Labute approximate surface area is 223 Å². The summed E-state index contributed by atoms with van der Waals surface area (Å²) in [6.07, 6.45) is 7.88. The first-order chi connectivity index (χ1) is 17.5. The zero-order valence-corrected chi connectivity index (χ0v) is 22.4. The van der Waals surface area contributed by atoms with Crippen LogP contribution in [0.2, 0.25) is 0 Å². The van der Waals surface area contributed by atoms with Crippen LogP contribution in [0, 0.1) is 6.92 Å². The molecule has 1 aliphatic heterocycles. The first kappa shape index (κ1) is 28.3. The van der Waals surface area contributed by atoms with Crippen molar-refractivity contribution in [3.63, 3.8) is 0 Å². The quantitative estimate of drug-likeness (QED) is 0.136. The number of esters is 1. The monoisotopic (exact) mass is 527 g/mol. The molecule has 1 aromatic heterocycles. The second-order valence-electron chi connectivity index (χ2n) is 8.94. The molecule has 0 N–H and O–H groups in total. The SMILES string of the molecule is COC(=O)c1oc2c(C(=O)/C=C/c3ccc(OC)cc3)c(OCCCN3CCCCC3)ccc2c1C.Cl. The van der Waals surface area contributed by atoms with Gasteiger partial charge in [-0.1, -0.05) is 24.6 Å². The zero-order valence-electron chi connectivity index (χ0n) is 21.6. The molecule has 1 fully saturated rings. The van der Waals surface area contributed by atoms with E-state index in [1.165, 1.54) is 32.4 Å². The minimum absolute atomic E-state index is 0. The highest BCUT2D eigenvalue weighted by molar-refractivity contribution is 6.16. The molecule has 8 heteroatoms. The number of carbonyl (C=O) groups excluding carboxylic acids is 2. The normalized spacial score (nSPS) is 13.9. The van der Waals surface area contributed by atoms with E-state index in [2.05, 4.69) is 4.90 Å². The van der Waals surface area contributed by atoms with Gasteiger partial charge in [0.25, 0.3) is 0 Å². The lowest BCUT2D eigenvalue weighted by molar-refractivity contribution is 0.0566. The number of methoxy groups -OCH3 is 2. The summed E-state index contributed by atoms with van der Waals surface area (Å²) in [7, 11) is 2.91. The summed E-state index contributed by atoms with van der Waals surface area (Å²) in [6.45, 7) is 5.49. The molecule has 2 aromatic carbocycles. The van der Waals surface area contributed by atoms with Crippen molar-refractivity contribution in [1.82, 2.24) is 4.90 Å². The van der Waals surface area contributed by atoms with Gasteiger partial charge in [0.05, 0.1) is 20.8 Å². The maximum atomic E-state index is 13.4. The van der Waals surface area contributed by atoms with Crippen molar-refractivity contribution in [3.8, 4) is 11.5 Å². The van der Waals surface area contributed by atoms with E-state index in [0.29, 0.717) is 34.5 Å². The molecule has 4 rings (SSSR count). The predicted molar refractivity (Wildman–Crippen MR) is 146 cm³/mol. The summed E-state index contributed by atoms with van der Waals surface area (Å²) in [5.41, 5.74) is 2.10. The van der Waals surface area contributed by atoms with Crippen molar-refractivity contribution in [1.29, 1.82) is 0 Å². The highest BCUT2D eigenvalue weighted by Gasteiger charge is 2.24. The lowest BCUT2D eigenvalue weighted by Gasteiger charge is -2.26. The number of hydrogen-bond donors (Lipinski definition) is 0. The Bertz CT molecular complexity index is 1240. The van der Waals surface area contributed by atoms with Crippen LogP contribution in [0.25, 0.3) is 17.0 Å². The minimum atomic E-state index is -0.583. The lowest BCUT2D eigenvalue weighted by atomic mass is 10.0. The molecule has 7 nitrogen and oxygen atoms in total. The predicted octanol–water partition coefficient (Wildman–Crippen LogP) is 6.11. The number of ketones is 1. The molecule has 1 aliphatic rings. The van der Waals surface area contributed by atoms with Gasteiger partial charge in [0.1, 0.15) is 22.6 Å². The number of ether oxygens (including phenoxy) is 3. The number of nitrogens with zero attached hydrogens (tertiary/aromatic N) is 1. The van der Waals surface area contributed by atoms with Gasteiger partial charge in [0, 0.05) is 17.5 Å². The third-order valence-electron chi connectivity index (χ3n) is 6.55. The number of aryl methyl sites for hydroxylation is 1. The number of hydrogen-bond acceptors (Lipinski definition) is 7. The highest BCUT2D eigenvalue weighted by atomic mass is 35.5. The molecule has 0 atom stereocenters. The van der Waals surface area contributed by atoms with Crippen LogP contribution >= 0.6 is 12.4 Å². The molecule has 0 saturated carbocycles. The number of carbonyl (C=O) groups is 2. The number of piperidine rings is 1. The average molecular weight is 528 g/mol. The first-order valence-electron chi connectivity index (χ1n) is 12.4. The second kappa shape index (κ2) is 13.3. The van der Waals surface area contributed by atoms with Crippen LogP contribution < -0.4 is 9.47 Å². The van der Waals surface area contributed by atoms with Gasteiger partial charge in [-0.05, 0) is 75.2 Å². The van der Waals surface area contributed by atoms with Gasteiger partial charge >= 0.3 is 5.97 Å². The molecule has 37 heavy (non-hydrogen) atoms. The van der Waals surface area contributed by atoms with Crippen LogP contribution in [-0.2, 0) is 4.74 Å². The summed E-state index contributed by atoms with van der Waals surface area (Å²) in [5.74, 6) is 0.413. The lowest BCUT2D eigenvalue weighted by Crippen LogP contribution is -2.31. The summed E-state index contributed by atoms with van der Waals surface area (Å²) in [5, 5.41) is 0.678. The average Bonchev–Trinajstić information content (AvgIpc) is 3.26. The molecule has 2 heterocycles. The van der Waals surface area contributed by atoms with Crippen molar-refractivity contribution in [2.45, 2.75) is 32.6 Å². The first-order valence-corrected chi connectivity index (χ1v) is 12.4. The third kappa shape index (κ3) is 6.73. The second-order valence-corrected chi connectivity index (χ2v) is 8.94. The van der Waals surface area contributed by atoms with Crippen molar-refractivity contribution in [3.05, 3.63) is 64.9 Å². The van der Waals surface area contributed by atoms with Gasteiger partial charge < -0.3 is 23.5 Å². The fourth-order valence-corrected chi connectivity index (χ4v) is 4.53. The molecule has 0 spiro atoms. The van der Waals surface area contributed by atoms with Gasteiger partial charge in [-0.25, -0.2) is 4.79 Å². The van der Waals surface area contributed by atoms with Gasteiger partial charge in [-0.3, -0.25) is 4.79 Å².